The van der Waals surface area contributed by atoms with Crippen molar-refractivity contribution in [1.82, 2.24) is 55.7 Å². The van der Waals surface area contributed by atoms with Gasteiger partial charge in [-0.3, -0.25) is 19.7 Å². The summed E-state index contributed by atoms with van der Waals surface area (Å²) in [5, 5.41) is 43.0. The average Bonchev–Trinajstić information content (AvgIpc) is 4.51. The molecule has 7 atom stereocenters. The molecule has 19 nitrogen and oxygen atoms in total. The van der Waals surface area contributed by atoms with Crippen LogP contribution in [0.2, 0.25) is 10.0 Å². The molecule has 4 aromatic heterocycles. The van der Waals surface area contributed by atoms with Gasteiger partial charge in [0, 0.05) is 90.5 Å². The summed E-state index contributed by atoms with van der Waals surface area (Å²) in [5.41, 5.74) is 1.33. The number of β-amino-alcohol motifs (C(OH)–C–C–N with tert-alkyl or cyclic N) is 1. The first-order chi connectivity index (χ1) is 39.4. The van der Waals surface area contributed by atoms with E-state index < -0.39 is 76.9 Å². The number of halogens is 6. The van der Waals surface area contributed by atoms with Gasteiger partial charge in [-0.25, -0.2) is 9.07 Å². The number of aromatic nitrogens is 8. The maximum atomic E-state index is 15.8. The second-order valence-corrected chi connectivity index (χ2v) is 21.9. The van der Waals surface area contributed by atoms with Crippen LogP contribution in [-0.4, -0.2) is 137 Å². The minimum atomic E-state index is -5.04. The Morgan fingerprint density at radius 3 is 2.40 bits per heavy atom. The zero-order valence-electron chi connectivity index (χ0n) is 44.7. The molecule has 8 aromatic rings. The Labute approximate surface area is 476 Å². The molecule has 82 heavy (non-hydrogen) atoms. The molecule has 0 aliphatic carbocycles. The van der Waals surface area contributed by atoms with E-state index in [2.05, 4.69) is 36.1 Å². The number of carbonyl (C=O) groups is 2. The van der Waals surface area contributed by atoms with Gasteiger partial charge in [0.1, 0.15) is 48.1 Å². The number of aromatic amines is 1. The summed E-state index contributed by atoms with van der Waals surface area (Å²) in [6.45, 7) is 5.58. The summed E-state index contributed by atoms with van der Waals surface area (Å²) < 4.78 is 82.6. The molecule has 3 aliphatic rings. The molecule has 5 N–H and O–H groups in total. The van der Waals surface area contributed by atoms with E-state index in [1.165, 1.54) is 22.9 Å². The van der Waals surface area contributed by atoms with E-state index in [-0.39, 0.29) is 89.1 Å². The molecule has 0 spiro atoms. The summed E-state index contributed by atoms with van der Waals surface area (Å²) in [6, 6.07) is 16.3. The van der Waals surface area contributed by atoms with Gasteiger partial charge in [-0.15, -0.1) is 5.10 Å². The zero-order valence-corrected chi connectivity index (χ0v) is 46.2. The summed E-state index contributed by atoms with van der Waals surface area (Å²) >= 11 is 13.0. The number of aliphatic hydroxyl groups is 2. The third-order valence-electron chi connectivity index (χ3n) is 15.3. The number of fused-ring (bicyclic) bond motifs is 4. The van der Waals surface area contributed by atoms with Gasteiger partial charge in [0.2, 0.25) is 11.8 Å². The van der Waals surface area contributed by atoms with E-state index in [4.69, 9.17) is 47.4 Å². The highest BCUT2D eigenvalue weighted by Gasteiger charge is 2.45. The van der Waals surface area contributed by atoms with Crippen molar-refractivity contribution in [3.05, 3.63) is 124 Å². The number of hydrogen-bond acceptors (Lipinski definition) is 15. The van der Waals surface area contributed by atoms with Crippen LogP contribution in [0.15, 0.2) is 91.4 Å². The Bertz CT molecular complexity index is 3680. The van der Waals surface area contributed by atoms with Crippen molar-refractivity contribution in [2.24, 2.45) is 5.92 Å². The van der Waals surface area contributed by atoms with Gasteiger partial charge in [-0.05, 0) is 48.6 Å². The number of nitrogens with one attached hydrogen (secondary N) is 3. The Kier molecular flexibility index (Phi) is 15.8. The molecule has 0 unspecified atom stereocenters. The number of hydrogen-bond donors (Lipinski definition) is 5. The third-order valence-corrected chi connectivity index (χ3v) is 16.0. The quantitative estimate of drug-likeness (QED) is 0.0507. The van der Waals surface area contributed by atoms with Crippen molar-refractivity contribution in [3.63, 3.8) is 0 Å². The summed E-state index contributed by atoms with van der Waals surface area (Å²) in [6.07, 6.45) is -1.25. The highest BCUT2D eigenvalue weighted by atomic mass is 35.5. The Balaban J connectivity index is 0.878. The van der Waals surface area contributed by atoms with Crippen molar-refractivity contribution in [2.75, 3.05) is 44.9 Å². The number of amides is 2. The smallest absolute Gasteiger partial charge is 0.417 e. The number of benzene rings is 4. The Morgan fingerprint density at radius 2 is 1.72 bits per heavy atom. The van der Waals surface area contributed by atoms with Gasteiger partial charge < -0.3 is 44.9 Å². The van der Waals surface area contributed by atoms with E-state index in [0.717, 1.165) is 24.1 Å². The van der Waals surface area contributed by atoms with E-state index in [1.54, 1.807) is 80.0 Å². The van der Waals surface area contributed by atoms with Crippen molar-refractivity contribution < 1.29 is 51.6 Å². The summed E-state index contributed by atoms with van der Waals surface area (Å²) in [5.74, 6) is -2.56. The molecular weight excluding hydrogens is 1110 g/mol. The molecule has 3 aliphatic heterocycles. The number of ether oxygens (including phenoxy) is 3. The fraction of sp³-hybridized carbons (Fsp3) is 0.368. The van der Waals surface area contributed by atoms with Crippen LogP contribution in [0.3, 0.4) is 0 Å². The number of methoxy groups -OCH3 is 1. The van der Waals surface area contributed by atoms with Crippen LogP contribution in [0.25, 0.3) is 55.4 Å². The SMILES string of the molecule is CO[C@@H](C)COc1nc(N2C[C@@H]3C[C@H]2CN3)c2cc(C(F)(F)F)c(-c3c(Cl)c(F)cc4[nH]ncc34)c(OCc3ccc(-c4cn([C@H](C(=O)N5C[C@H](O)C[C@H]5C(=O)N[C@@H](CO)c5ccc(-c6ncccc6Cl)cc5)C(C)C)nn4)cc3)c2n1. The number of carbonyl (C=O) groups excluding carboxylic acids is 2. The van der Waals surface area contributed by atoms with Crippen LogP contribution in [0, 0.1) is 11.7 Å². The van der Waals surface area contributed by atoms with E-state index >= 15 is 17.6 Å². The normalized spacial score (nSPS) is 19.1. The van der Waals surface area contributed by atoms with E-state index in [1.807, 2.05) is 18.7 Å². The molecule has 0 saturated carbocycles. The lowest BCUT2D eigenvalue weighted by atomic mass is 9.93. The van der Waals surface area contributed by atoms with Gasteiger partial charge in [-0.2, -0.15) is 28.2 Å². The molecule has 25 heteroatoms. The predicted octanol–water partition coefficient (Wildman–Crippen LogP) is 8.51. The van der Waals surface area contributed by atoms with Crippen LogP contribution in [-0.2, 0) is 27.1 Å². The molecule has 11 rings (SSSR count). The molecule has 3 saturated heterocycles. The second-order valence-electron chi connectivity index (χ2n) is 21.1. The van der Waals surface area contributed by atoms with Crippen molar-refractivity contribution in [3.8, 4) is 45.4 Å². The number of H-pyrrole nitrogens is 1. The number of piperazine rings is 1. The van der Waals surface area contributed by atoms with Gasteiger partial charge in [0.05, 0.1) is 64.1 Å². The molecule has 2 bridgehead atoms. The minimum absolute atomic E-state index is 0.00962. The largest absolute Gasteiger partial charge is 0.486 e. The lowest BCUT2D eigenvalue weighted by molar-refractivity contribution is -0.142. The Hall–Kier alpha value is -7.54. The lowest BCUT2D eigenvalue weighted by Gasteiger charge is -2.30. The first-order valence-electron chi connectivity index (χ1n) is 26.6. The molecule has 0 radical (unpaired) electrons. The Morgan fingerprint density at radius 1 is 0.951 bits per heavy atom. The maximum Gasteiger partial charge on any atom is 0.417 e. The van der Waals surface area contributed by atoms with E-state index in [9.17, 15) is 19.8 Å². The van der Waals surface area contributed by atoms with Crippen LogP contribution in [0.1, 0.15) is 62.4 Å². The first-order valence-corrected chi connectivity index (χ1v) is 27.3. The number of likely N-dealkylation sites (tertiary alicyclic amines) is 1. The van der Waals surface area contributed by atoms with Crippen molar-refractivity contribution in [1.29, 1.82) is 0 Å². The molecule has 3 fully saturated rings. The number of alkyl halides is 3. The number of anilines is 1. The molecule has 7 heterocycles. The molecular formula is C57H56Cl2F4N12O7. The number of rotatable bonds is 18. The highest BCUT2D eigenvalue weighted by Crippen LogP contribution is 2.52. The molecule has 4 aromatic carbocycles. The van der Waals surface area contributed by atoms with Gasteiger partial charge in [-0.1, -0.05) is 90.8 Å². The predicted molar refractivity (Wildman–Crippen MR) is 297 cm³/mol. The first kappa shape index (κ1) is 56.3. The maximum absolute atomic E-state index is 15.8. The molecule has 428 valence electrons. The number of pyridine rings is 1. The zero-order chi connectivity index (χ0) is 57.7. The van der Waals surface area contributed by atoms with Crippen molar-refractivity contribution >= 4 is 62.6 Å². The van der Waals surface area contributed by atoms with Crippen LogP contribution >= 0.6 is 23.2 Å². The average molecular weight is 1170 g/mol. The van der Waals surface area contributed by atoms with E-state index in [0.29, 0.717) is 46.2 Å². The van der Waals surface area contributed by atoms with Gasteiger partial charge >= 0.3 is 12.2 Å². The topological polar surface area (TPSA) is 231 Å². The lowest BCUT2D eigenvalue weighted by Crippen LogP contribution is -2.50. The van der Waals surface area contributed by atoms with Gasteiger partial charge in [0.15, 0.2) is 5.75 Å². The fourth-order valence-corrected chi connectivity index (χ4v) is 11.6. The highest BCUT2D eigenvalue weighted by molar-refractivity contribution is 6.35. The van der Waals surface area contributed by atoms with Crippen LogP contribution < -0.4 is 25.0 Å². The number of nitrogens with zero attached hydrogens (tertiary/aromatic N) is 9. The van der Waals surface area contributed by atoms with Gasteiger partial charge in [0.25, 0.3) is 0 Å². The van der Waals surface area contributed by atoms with Crippen LogP contribution in [0.5, 0.6) is 11.8 Å². The third kappa shape index (κ3) is 11.0. The number of aliphatic hydroxyl groups excluding tert-OH is 2. The monoisotopic (exact) mass is 1170 g/mol. The summed E-state index contributed by atoms with van der Waals surface area (Å²) in [7, 11) is 1.51. The summed E-state index contributed by atoms with van der Waals surface area (Å²) in [4.78, 5) is 45.6. The molecule has 2 amide bonds. The second kappa shape index (κ2) is 23.0. The van der Waals surface area contributed by atoms with Crippen molar-refractivity contribution in [2.45, 2.75) is 88.8 Å². The van der Waals surface area contributed by atoms with Crippen LogP contribution in [0.4, 0.5) is 23.4 Å². The fourth-order valence-electron chi connectivity index (χ4n) is 11.1. The minimum Gasteiger partial charge on any atom is -0.486 e. The standard InChI is InChI=1S/C57H56Cl2F4N12O7/c1-28(2)51(55(79)74-23-36(77)17-45(74)54(78)67-44(25-76)32-11-13-33(14-12-32)49-40(58)6-5-15-64-49)75-24-43(71-72-75)31-9-7-30(8-10-31)27-81-52-47(46-38-21-66-70-42(38)19-41(60)48(46)59)39(57(61,62)63)18-37-50(52)68-56(82-26-29(3)80-4)69-53(37)73-22-34-16-35(73)20-65-34/h5-15,18-19,21,24,28-29,34-36,44-45,51,65,76-77H,16-17,20,22-23,25-27H2,1-4H3,(H,66,70)(H,67,78)/t29-,34-,35-,36+,44-,45-,51-/m0/s1.